The number of para-hydroxylation sites is 1. The highest BCUT2D eigenvalue weighted by Gasteiger charge is 2.22. The summed E-state index contributed by atoms with van der Waals surface area (Å²) in [7, 11) is 2.22. The van der Waals surface area contributed by atoms with Crippen molar-refractivity contribution in [2.75, 3.05) is 11.9 Å². The maximum absolute atomic E-state index is 6.20. The predicted octanol–water partition coefficient (Wildman–Crippen LogP) is 3.48. The van der Waals surface area contributed by atoms with Gasteiger partial charge in [-0.15, -0.1) is 0 Å². The molecule has 94 valence electrons. The van der Waals surface area contributed by atoms with E-state index in [4.69, 9.17) is 5.73 Å². The van der Waals surface area contributed by atoms with E-state index in [0.29, 0.717) is 6.04 Å². The molecule has 0 unspecified atom stereocenters. The van der Waals surface area contributed by atoms with Crippen LogP contribution in [-0.4, -0.2) is 13.1 Å². The van der Waals surface area contributed by atoms with Gasteiger partial charge in [-0.05, 0) is 30.9 Å². The van der Waals surface area contributed by atoms with Crippen LogP contribution in [0.4, 0.5) is 5.69 Å². The highest BCUT2D eigenvalue weighted by molar-refractivity contribution is 5.55. The average Bonchev–Trinajstić information content (AvgIpc) is 2.91. The molecule has 1 fully saturated rings. The van der Waals surface area contributed by atoms with E-state index in [9.17, 15) is 0 Å². The summed E-state index contributed by atoms with van der Waals surface area (Å²) in [4.78, 5) is 2.44. The monoisotopic (exact) mass is 232 g/mol. The summed E-state index contributed by atoms with van der Waals surface area (Å²) in [5, 5.41) is 0. The van der Waals surface area contributed by atoms with Crippen molar-refractivity contribution in [1.82, 2.24) is 0 Å². The second-order valence-corrected chi connectivity index (χ2v) is 5.12. The molecule has 1 aromatic carbocycles. The Morgan fingerprint density at radius 1 is 1.29 bits per heavy atom. The molecule has 2 heteroatoms. The van der Waals surface area contributed by atoms with E-state index in [2.05, 4.69) is 43.1 Å². The van der Waals surface area contributed by atoms with E-state index in [0.717, 1.165) is 6.42 Å². The highest BCUT2D eigenvalue weighted by Crippen LogP contribution is 2.31. The van der Waals surface area contributed by atoms with Crippen molar-refractivity contribution in [2.24, 2.45) is 5.73 Å². The van der Waals surface area contributed by atoms with E-state index in [1.165, 1.54) is 36.9 Å². The van der Waals surface area contributed by atoms with Gasteiger partial charge in [-0.25, -0.2) is 0 Å². The zero-order chi connectivity index (χ0) is 12.3. The summed E-state index contributed by atoms with van der Waals surface area (Å²) in [6.45, 7) is 2.15. The molecule has 0 radical (unpaired) electrons. The van der Waals surface area contributed by atoms with E-state index in [1.807, 2.05) is 0 Å². The van der Waals surface area contributed by atoms with Crippen molar-refractivity contribution in [3.63, 3.8) is 0 Å². The molecule has 0 bridgehead atoms. The second kappa shape index (κ2) is 5.54. The Morgan fingerprint density at radius 2 is 1.94 bits per heavy atom. The Bertz CT molecular complexity index is 356. The number of hydrogen-bond donors (Lipinski definition) is 1. The first-order valence-electron chi connectivity index (χ1n) is 6.81. The smallest absolute Gasteiger partial charge is 0.0414 e. The number of anilines is 1. The molecule has 0 spiro atoms. The fourth-order valence-corrected chi connectivity index (χ4v) is 2.83. The third-order valence-electron chi connectivity index (χ3n) is 4.03. The largest absolute Gasteiger partial charge is 0.371 e. The van der Waals surface area contributed by atoms with Crippen molar-refractivity contribution in [2.45, 2.75) is 51.1 Å². The van der Waals surface area contributed by atoms with Crippen LogP contribution >= 0.6 is 0 Å². The number of nitrogens with zero attached hydrogens (tertiary/aromatic N) is 1. The molecule has 1 aliphatic rings. The van der Waals surface area contributed by atoms with Crippen molar-refractivity contribution < 1.29 is 0 Å². The zero-order valence-corrected chi connectivity index (χ0v) is 11.0. The van der Waals surface area contributed by atoms with Crippen molar-refractivity contribution in [1.29, 1.82) is 0 Å². The van der Waals surface area contributed by atoms with Gasteiger partial charge in [0.2, 0.25) is 0 Å². The van der Waals surface area contributed by atoms with Gasteiger partial charge in [0.05, 0.1) is 0 Å². The lowest BCUT2D eigenvalue weighted by Gasteiger charge is -2.30. The predicted molar refractivity (Wildman–Crippen MR) is 74.3 cm³/mol. The Morgan fingerprint density at radius 3 is 2.59 bits per heavy atom. The third-order valence-corrected chi connectivity index (χ3v) is 4.03. The van der Waals surface area contributed by atoms with E-state index < -0.39 is 0 Å². The van der Waals surface area contributed by atoms with E-state index in [1.54, 1.807) is 0 Å². The summed E-state index contributed by atoms with van der Waals surface area (Å²) in [5.41, 5.74) is 8.83. The summed E-state index contributed by atoms with van der Waals surface area (Å²) in [6, 6.07) is 9.47. The quantitative estimate of drug-likeness (QED) is 0.861. The molecular formula is C15H24N2. The minimum atomic E-state index is 0.162. The standard InChI is InChI=1S/C15H24N2/c1-3-14(16)13-10-6-7-11-15(13)17(2)12-8-4-5-9-12/h6-7,10-12,14H,3-5,8-9,16H2,1-2H3/t14-/m1/s1. The zero-order valence-electron chi connectivity index (χ0n) is 11.0. The van der Waals surface area contributed by atoms with Crippen LogP contribution in [0.3, 0.4) is 0 Å². The molecular weight excluding hydrogens is 208 g/mol. The minimum absolute atomic E-state index is 0.162. The normalized spacial score (nSPS) is 18.3. The number of nitrogens with two attached hydrogens (primary N) is 1. The van der Waals surface area contributed by atoms with Gasteiger partial charge in [0, 0.05) is 24.8 Å². The highest BCUT2D eigenvalue weighted by atomic mass is 15.1. The van der Waals surface area contributed by atoms with Gasteiger partial charge in [0.1, 0.15) is 0 Å². The fourth-order valence-electron chi connectivity index (χ4n) is 2.83. The molecule has 2 nitrogen and oxygen atoms in total. The molecule has 1 aliphatic carbocycles. The van der Waals surface area contributed by atoms with Crippen LogP contribution in [0.2, 0.25) is 0 Å². The van der Waals surface area contributed by atoms with Crippen molar-refractivity contribution in [3.05, 3.63) is 29.8 Å². The van der Waals surface area contributed by atoms with Gasteiger partial charge in [-0.2, -0.15) is 0 Å². The van der Waals surface area contributed by atoms with Gasteiger partial charge in [0.25, 0.3) is 0 Å². The van der Waals surface area contributed by atoms with E-state index >= 15 is 0 Å². The topological polar surface area (TPSA) is 29.3 Å². The van der Waals surface area contributed by atoms with Crippen LogP contribution in [0.1, 0.15) is 50.6 Å². The van der Waals surface area contributed by atoms with Gasteiger partial charge in [-0.3, -0.25) is 0 Å². The maximum Gasteiger partial charge on any atom is 0.0414 e. The molecule has 1 aromatic rings. The average molecular weight is 232 g/mol. The molecule has 0 aliphatic heterocycles. The molecule has 2 N–H and O–H groups in total. The van der Waals surface area contributed by atoms with Gasteiger partial charge < -0.3 is 10.6 Å². The van der Waals surface area contributed by atoms with Crippen LogP contribution in [-0.2, 0) is 0 Å². The van der Waals surface area contributed by atoms with Crippen LogP contribution in [0, 0.1) is 0 Å². The van der Waals surface area contributed by atoms with Crippen molar-refractivity contribution in [3.8, 4) is 0 Å². The summed E-state index contributed by atoms with van der Waals surface area (Å²) in [5.74, 6) is 0. The first-order chi connectivity index (χ1) is 8.24. The number of benzene rings is 1. The Balaban J connectivity index is 2.24. The Labute approximate surface area is 105 Å². The third kappa shape index (κ3) is 2.63. The molecule has 0 amide bonds. The summed E-state index contributed by atoms with van der Waals surface area (Å²) >= 11 is 0. The molecule has 2 rings (SSSR count). The second-order valence-electron chi connectivity index (χ2n) is 5.12. The maximum atomic E-state index is 6.20. The Kier molecular flexibility index (Phi) is 4.06. The molecule has 1 saturated carbocycles. The van der Waals surface area contributed by atoms with Crippen LogP contribution in [0.25, 0.3) is 0 Å². The van der Waals surface area contributed by atoms with Crippen LogP contribution in [0.5, 0.6) is 0 Å². The minimum Gasteiger partial charge on any atom is -0.371 e. The van der Waals surface area contributed by atoms with Gasteiger partial charge >= 0.3 is 0 Å². The lowest BCUT2D eigenvalue weighted by molar-refractivity contribution is 0.638. The van der Waals surface area contributed by atoms with Crippen LogP contribution in [0.15, 0.2) is 24.3 Å². The number of hydrogen-bond acceptors (Lipinski definition) is 2. The molecule has 0 heterocycles. The van der Waals surface area contributed by atoms with Crippen LogP contribution < -0.4 is 10.6 Å². The van der Waals surface area contributed by atoms with E-state index in [-0.39, 0.29) is 6.04 Å². The molecule has 17 heavy (non-hydrogen) atoms. The summed E-state index contributed by atoms with van der Waals surface area (Å²) < 4.78 is 0. The molecule has 1 atom stereocenters. The lowest BCUT2D eigenvalue weighted by Crippen LogP contribution is -2.30. The molecule has 0 saturated heterocycles. The molecule has 0 aromatic heterocycles. The lowest BCUT2D eigenvalue weighted by atomic mass is 10.0. The first-order valence-corrected chi connectivity index (χ1v) is 6.81. The number of rotatable bonds is 4. The fraction of sp³-hybridized carbons (Fsp3) is 0.600. The first kappa shape index (κ1) is 12.4. The van der Waals surface area contributed by atoms with Gasteiger partial charge in [-0.1, -0.05) is 38.0 Å². The SMILES string of the molecule is CC[C@@H](N)c1ccccc1N(C)C1CCCC1. The van der Waals surface area contributed by atoms with Gasteiger partial charge in [0.15, 0.2) is 0 Å². The Hall–Kier alpha value is -1.02. The van der Waals surface area contributed by atoms with Crippen molar-refractivity contribution >= 4 is 5.69 Å². The summed E-state index contributed by atoms with van der Waals surface area (Å²) in [6.07, 6.45) is 6.39.